The van der Waals surface area contributed by atoms with Gasteiger partial charge in [0, 0.05) is 37.3 Å². The molecule has 0 aromatic heterocycles. The van der Waals surface area contributed by atoms with Crippen molar-refractivity contribution in [3.05, 3.63) is 12.1 Å². The van der Waals surface area contributed by atoms with Gasteiger partial charge in [0.25, 0.3) is 0 Å². The average Bonchev–Trinajstić information content (AvgIpc) is 2.43. The number of hydrogen-bond donors (Lipinski definition) is 1. The van der Waals surface area contributed by atoms with Crippen molar-refractivity contribution in [2.45, 2.75) is 25.9 Å². The number of hydrogen-bond acceptors (Lipinski definition) is 5. The van der Waals surface area contributed by atoms with Crippen molar-refractivity contribution in [1.82, 2.24) is 4.90 Å². The van der Waals surface area contributed by atoms with E-state index in [0.29, 0.717) is 17.8 Å². The normalized spacial score (nSPS) is 23.8. The average molecular weight is 279 g/mol. The predicted molar refractivity (Wildman–Crippen MR) is 82.9 cm³/mol. The van der Waals surface area contributed by atoms with Gasteiger partial charge in [0.1, 0.15) is 0 Å². The number of likely N-dealkylation sites (N-methyl/N-ethyl adjacent to an activating group) is 1. The van der Waals surface area contributed by atoms with E-state index in [4.69, 9.17) is 15.2 Å². The van der Waals surface area contributed by atoms with Gasteiger partial charge < -0.3 is 20.1 Å². The Labute approximate surface area is 121 Å². The number of ether oxygens (including phenoxy) is 2. The molecule has 1 aliphatic heterocycles. The van der Waals surface area contributed by atoms with Gasteiger partial charge in [-0.2, -0.15) is 0 Å². The second kappa shape index (κ2) is 5.79. The molecule has 1 fully saturated rings. The Balaban J connectivity index is 2.33. The molecule has 112 valence electrons. The first-order valence-corrected chi connectivity index (χ1v) is 6.96. The lowest BCUT2D eigenvalue weighted by molar-refractivity contribution is 0.170. The summed E-state index contributed by atoms with van der Waals surface area (Å²) in [6.45, 7) is 6.39. The molecule has 1 saturated heterocycles. The van der Waals surface area contributed by atoms with Crippen LogP contribution < -0.4 is 20.1 Å². The second-order valence-electron chi connectivity index (χ2n) is 5.53. The lowest BCUT2D eigenvalue weighted by Crippen LogP contribution is -2.55. The molecule has 0 aliphatic carbocycles. The fourth-order valence-corrected chi connectivity index (χ4v) is 2.76. The SMILES string of the molecule is COc1cc(N)c(N2CC(C)N(C)C(C)C2)cc1OC. The second-order valence-corrected chi connectivity index (χ2v) is 5.53. The Bertz CT molecular complexity index is 466. The minimum atomic E-state index is 0.492. The van der Waals surface area contributed by atoms with E-state index in [0.717, 1.165) is 30.2 Å². The zero-order chi connectivity index (χ0) is 14.9. The van der Waals surface area contributed by atoms with Crippen molar-refractivity contribution in [2.24, 2.45) is 0 Å². The molecule has 1 heterocycles. The Morgan fingerprint density at radius 1 is 1.05 bits per heavy atom. The maximum Gasteiger partial charge on any atom is 0.162 e. The van der Waals surface area contributed by atoms with Crippen molar-refractivity contribution >= 4 is 11.4 Å². The maximum atomic E-state index is 6.19. The van der Waals surface area contributed by atoms with Gasteiger partial charge in [-0.25, -0.2) is 0 Å². The molecule has 2 unspecified atom stereocenters. The summed E-state index contributed by atoms with van der Waals surface area (Å²) < 4.78 is 10.7. The molecule has 5 nitrogen and oxygen atoms in total. The number of piperazine rings is 1. The minimum Gasteiger partial charge on any atom is -0.493 e. The minimum absolute atomic E-state index is 0.492. The van der Waals surface area contributed by atoms with Gasteiger partial charge >= 0.3 is 0 Å². The third kappa shape index (κ3) is 2.63. The first-order valence-electron chi connectivity index (χ1n) is 6.96. The Kier molecular flexibility index (Phi) is 4.28. The van der Waals surface area contributed by atoms with Crippen LogP contribution in [0.5, 0.6) is 11.5 Å². The van der Waals surface area contributed by atoms with Crippen LogP contribution in [0.15, 0.2) is 12.1 Å². The van der Waals surface area contributed by atoms with Gasteiger partial charge in [0.15, 0.2) is 11.5 Å². The number of nitrogens with zero attached hydrogens (tertiary/aromatic N) is 2. The summed E-state index contributed by atoms with van der Waals surface area (Å²) in [7, 11) is 5.44. The zero-order valence-corrected chi connectivity index (χ0v) is 13.0. The topological polar surface area (TPSA) is 51.0 Å². The van der Waals surface area contributed by atoms with Crippen molar-refractivity contribution in [3.8, 4) is 11.5 Å². The highest BCUT2D eigenvalue weighted by atomic mass is 16.5. The smallest absolute Gasteiger partial charge is 0.162 e. The molecule has 0 bridgehead atoms. The summed E-state index contributed by atoms with van der Waals surface area (Å²) >= 11 is 0. The standard InChI is InChI=1S/C15H25N3O2/c1-10-8-18(9-11(2)17(10)3)13-7-15(20-5)14(19-4)6-12(13)16/h6-7,10-11H,8-9,16H2,1-5H3. The van der Waals surface area contributed by atoms with Crippen LogP contribution in [0.4, 0.5) is 11.4 Å². The molecule has 20 heavy (non-hydrogen) atoms. The molecule has 1 aromatic carbocycles. The number of anilines is 2. The van der Waals surface area contributed by atoms with Crippen molar-refractivity contribution < 1.29 is 9.47 Å². The molecule has 0 radical (unpaired) electrons. The van der Waals surface area contributed by atoms with E-state index in [2.05, 4.69) is 30.7 Å². The molecule has 2 rings (SSSR count). The van der Waals surface area contributed by atoms with Crippen LogP contribution in [-0.2, 0) is 0 Å². The van der Waals surface area contributed by atoms with Crippen LogP contribution in [0.25, 0.3) is 0 Å². The number of nitrogens with two attached hydrogens (primary N) is 1. The largest absolute Gasteiger partial charge is 0.493 e. The fourth-order valence-electron chi connectivity index (χ4n) is 2.76. The van der Waals surface area contributed by atoms with E-state index in [1.54, 1.807) is 14.2 Å². The van der Waals surface area contributed by atoms with Crippen molar-refractivity contribution in [2.75, 3.05) is 45.0 Å². The molecule has 1 aromatic rings. The first kappa shape index (κ1) is 14.8. The lowest BCUT2D eigenvalue weighted by Gasteiger charge is -2.43. The molecule has 0 spiro atoms. The molecule has 2 N–H and O–H groups in total. The lowest BCUT2D eigenvalue weighted by atomic mass is 10.1. The number of benzene rings is 1. The van der Waals surface area contributed by atoms with Gasteiger partial charge in [0.05, 0.1) is 25.6 Å². The summed E-state index contributed by atoms with van der Waals surface area (Å²) in [6, 6.07) is 4.79. The highest BCUT2D eigenvalue weighted by molar-refractivity contribution is 5.73. The molecular weight excluding hydrogens is 254 g/mol. The van der Waals surface area contributed by atoms with Crippen LogP contribution in [0.3, 0.4) is 0 Å². The van der Waals surface area contributed by atoms with Gasteiger partial charge in [-0.15, -0.1) is 0 Å². The quantitative estimate of drug-likeness (QED) is 0.855. The summed E-state index contributed by atoms with van der Waals surface area (Å²) in [5.41, 5.74) is 7.94. The van der Waals surface area contributed by atoms with E-state index in [-0.39, 0.29) is 0 Å². The van der Waals surface area contributed by atoms with Crippen LogP contribution in [0, 0.1) is 0 Å². The van der Waals surface area contributed by atoms with Crippen LogP contribution in [0.1, 0.15) is 13.8 Å². The summed E-state index contributed by atoms with van der Waals surface area (Å²) in [5, 5.41) is 0. The summed E-state index contributed by atoms with van der Waals surface area (Å²) in [4.78, 5) is 4.72. The highest BCUT2D eigenvalue weighted by Crippen LogP contribution is 2.37. The number of methoxy groups -OCH3 is 2. The number of nitrogen functional groups attached to an aromatic ring is 1. The van der Waals surface area contributed by atoms with Crippen molar-refractivity contribution in [1.29, 1.82) is 0 Å². The van der Waals surface area contributed by atoms with E-state index in [1.165, 1.54) is 0 Å². The number of rotatable bonds is 3. The molecule has 5 heteroatoms. The van der Waals surface area contributed by atoms with Crippen LogP contribution in [-0.4, -0.2) is 51.3 Å². The molecule has 1 aliphatic rings. The van der Waals surface area contributed by atoms with Gasteiger partial charge in [-0.05, 0) is 20.9 Å². The molecule has 0 amide bonds. The Morgan fingerprint density at radius 3 is 2.05 bits per heavy atom. The first-order chi connectivity index (χ1) is 9.47. The van der Waals surface area contributed by atoms with Crippen LogP contribution in [0.2, 0.25) is 0 Å². The third-order valence-corrected chi connectivity index (χ3v) is 4.23. The van der Waals surface area contributed by atoms with E-state index < -0.39 is 0 Å². The van der Waals surface area contributed by atoms with E-state index in [1.807, 2.05) is 12.1 Å². The Morgan fingerprint density at radius 2 is 1.55 bits per heavy atom. The molecule has 0 saturated carbocycles. The predicted octanol–water partition coefficient (Wildman–Crippen LogP) is 1.81. The highest BCUT2D eigenvalue weighted by Gasteiger charge is 2.28. The van der Waals surface area contributed by atoms with Crippen LogP contribution >= 0.6 is 0 Å². The monoisotopic (exact) mass is 279 g/mol. The van der Waals surface area contributed by atoms with E-state index >= 15 is 0 Å². The van der Waals surface area contributed by atoms with E-state index in [9.17, 15) is 0 Å². The maximum absolute atomic E-state index is 6.19. The van der Waals surface area contributed by atoms with Gasteiger partial charge in [0.2, 0.25) is 0 Å². The Hall–Kier alpha value is -1.62. The summed E-state index contributed by atoms with van der Waals surface area (Å²) in [6.07, 6.45) is 0. The van der Waals surface area contributed by atoms with Gasteiger partial charge in [-0.1, -0.05) is 0 Å². The third-order valence-electron chi connectivity index (χ3n) is 4.23. The fraction of sp³-hybridized carbons (Fsp3) is 0.600. The molecular formula is C15H25N3O2. The van der Waals surface area contributed by atoms with Gasteiger partial charge in [-0.3, -0.25) is 4.90 Å². The summed E-state index contributed by atoms with van der Waals surface area (Å²) in [5.74, 6) is 1.39. The zero-order valence-electron chi connectivity index (χ0n) is 13.0. The molecule has 2 atom stereocenters. The van der Waals surface area contributed by atoms with Crippen molar-refractivity contribution in [3.63, 3.8) is 0 Å².